The molecule has 128 valence electrons. The molecule has 0 radical (unpaired) electrons. The fourth-order valence-electron chi connectivity index (χ4n) is 1.98. The molecule has 0 aliphatic carbocycles. The average molecular weight is 335 g/mol. The van der Waals surface area contributed by atoms with E-state index in [4.69, 9.17) is 0 Å². The lowest BCUT2D eigenvalue weighted by atomic mass is 10.1. The molecule has 0 aliphatic rings. The average Bonchev–Trinajstić information content (AvgIpc) is 2.65. The van der Waals surface area contributed by atoms with E-state index in [-0.39, 0.29) is 24.3 Å². The number of aromatic nitrogens is 1. The van der Waals surface area contributed by atoms with E-state index >= 15 is 0 Å². The quantitative estimate of drug-likeness (QED) is 0.825. The number of anilines is 1. The van der Waals surface area contributed by atoms with Gasteiger partial charge in [0.05, 0.1) is 6.54 Å². The maximum atomic E-state index is 11.9. The normalized spacial score (nSPS) is 11.0. The molecule has 1 atom stereocenters. The lowest BCUT2D eigenvalue weighted by molar-refractivity contribution is -0.126. The standard InChI is InChI=1S/C20H21N3O2/c1-3-15(2)20(25)22-14-19(24)23-18-9-6-7-16(13-18)10-11-17-8-4-5-12-21-17/h4-9,12-13,15H,3,14H2,1-2H3,(H,22,25)(H,23,24). The first-order valence-electron chi connectivity index (χ1n) is 8.19. The molecular weight excluding hydrogens is 314 g/mol. The topological polar surface area (TPSA) is 71.1 Å². The van der Waals surface area contributed by atoms with Gasteiger partial charge in [0.1, 0.15) is 5.69 Å². The molecule has 2 aromatic rings. The summed E-state index contributed by atoms with van der Waals surface area (Å²) in [4.78, 5) is 27.8. The number of benzene rings is 1. The van der Waals surface area contributed by atoms with Crippen molar-refractivity contribution in [2.45, 2.75) is 20.3 Å². The Kier molecular flexibility index (Phi) is 6.73. The summed E-state index contributed by atoms with van der Waals surface area (Å²) < 4.78 is 0. The van der Waals surface area contributed by atoms with E-state index < -0.39 is 0 Å². The third kappa shape index (κ3) is 6.11. The molecule has 1 heterocycles. The Bertz CT molecular complexity index is 791. The smallest absolute Gasteiger partial charge is 0.243 e. The van der Waals surface area contributed by atoms with Crippen LogP contribution in [0.4, 0.5) is 5.69 Å². The molecule has 5 heteroatoms. The molecule has 2 rings (SSSR count). The zero-order valence-corrected chi connectivity index (χ0v) is 14.4. The lowest BCUT2D eigenvalue weighted by Crippen LogP contribution is -2.35. The number of carbonyl (C=O) groups excluding carboxylic acids is 2. The summed E-state index contributed by atoms with van der Waals surface area (Å²) in [6.45, 7) is 3.71. The van der Waals surface area contributed by atoms with Crippen LogP contribution in [0.3, 0.4) is 0 Å². The van der Waals surface area contributed by atoms with Gasteiger partial charge in [-0.15, -0.1) is 0 Å². The number of pyridine rings is 1. The van der Waals surface area contributed by atoms with Gasteiger partial charge in [-0.25, -0.2) is 4.98 Å². The highest BCUT2D eigenvalue weighted by atomic mass is 16.2. The molecule has 0 fully saturated rings. The van der Waals surface area contributed by atoms with Gasteiger partial charge >= 0.3 is 0 Å². The van der Waals surface area contributed by atoms with Crippen molar-refractivity contribution in [3.8, 4) is 11.8 Å². The second kappa shape index (κ2) is 9.24. The summed E-state index contributed by atoms with van der Waals surface area (Å²) in [5.74, 6) is 5.49. The van der Waals surface area contributed by atoms with Gasteiger partial charge in [0.2, 0.25) is 11.8 Å². The number of carbonyl (C=O) groups is 2. The summed E-state index contributed by atoms with van der Waals surface area (Å²) >= 11 is 0. The third-order valence-electron chi connectivity index (χ3n) is 3.63. The van der Waals surface area contributed by atoms with Crippen molar-refractivity contribution in [2.24, 2.45) is 5.92 Å². The van der Waals surface area contributed by atoms with Gasteiger partial charge in [-0.2, -0.15) is 0 Å². The highest BCUT2D eigenvalue weighted by Crippen LogP contribution is 2.10. The molecule has 0 saturated carbocycles. The highest BCUT2D eigenvalue weighted by molar-refractivity contribution is 5.94. The van der Waals surface area contributed by atoms with Gasteiger partial charge in [0, 0.05) is 23.4 Å². The molecule has 5 nitrogen and oxygen atoms in total. The molecule has 1 unspecified atom stereocenters. The van der Waals surface area contributed by atoms with Crippen molar-refractivity contribution in [1.82, 2.24) is 10.3 Å². The van der Waals surface area contributed by atoms with Gasteiger partial charge in [-0.1, -0.05) is 31.9 Å². The Morgan fingerprint density at radius 1 is 1.16 bits per heavy atom. The first kappa shape index (κ1) is 18.2. The van der Waals surface area contributed by atoms with E-state index in [1.165, 1.54) is 0 Å². The summed E-state index contributed by atoms with van der Waals surface area (Å²) in [5, 5.41) is 5.38. The lowest BCUT2D eigenvalue weighted by Gasteiger charge is -2.10. The van der Waals surface area contributed by atoms with E-state index in [1.54, 1.807) is 18.3 Å². The Morgan fingerprint density at radius 3 is 2.72 bits per heavy atom. The van der Waals surface area contributed by atoms with E-state index in [9.17, 15) is 9.59 Å². The zero-order valence-electron chi connectivity index (χ0n) is 14.4. The molecule has 2 amide bonds. The first-order chi connectivity index (χ1) is 12.1. The predicted molar refractivity (Wildman–Crippen MR) is 97.8 cm³/mol. The van der Waals surface area contributed by atoms with Gasteiger partial charge in [-0.05, 0) is 42.7 Å². The van der Waals surface area contributed by atoms with Crippen molar-refractivity contribution in [3.05, 3.63) is 59.9 Å². The molecule has 1 aromatic heterocycles. The first-order valence-corrected chi connectivity index (χ1v) is 8.19. The zero-order chi connectivity index (χ0) is 18.1. The molecule has 2 N–H and O–H groups in total. The maximum absolute atomic E-state index is 11.9. The largest absolute Gasteiger partial charge is 0.347 e. The van der Waals surface area contributed by atoms with Crippen LogP contribution >= 0.6 is 0 Å². The van der Waals surface area contributed by atoms with Crippen LogP contribution in [-0.2, 0) is 9.59 Å². The van der Waals surface area contributed by atoms with Crippen LogP contribution in [0.25, 0.3) is 0 Å². The van der Waals surface area contributed by atoms with E-state index in [2.05, 4.69) is 27.5 Å². The Labute approximate surface area is 147 Å². The molecule has 0 bridgehead atoms. The van der Waals surface area contributed by atoms with Crippen LogP contribution in [0.2, 0.25) is 0 Å². The number of nitrogens with zero attached hydrogens (tertiary/aromatic N) is 1. The molecule has 0 aliphatic heterocycles. The molecule has 0 saturated heterocycles. The van der Waals surface area contributed by atoms with Gasteiger partial charge in [0.15, 0.2) is 0 Å². The highest BCUT2D eigenvalue weighted by Gasteiger charge is 2.11. The van der Waals surface area contributed by atoms with Crippen LogP contribution < -0.4 is 10.6 Å². The fourth-order valence-corrected chi connectivity index (χ4v) is 1.98. The Morgan fingerprint density at radius 2 is 2.00 bits per heavy atom. The fraction of sp³-hybridized carbons (Fsp3) is 0.250. The van der Waals surface area contributed by atoms with Crippen LogP contribution in [0.5, 0.6) is 0 Å². The van der Waals surface area contributed by atoms with Crippen molar-refractivity contribution in [3.63, 3.8) is 0 Å². The number of hydrogen-bond acceptors (Lipinski definition) is 3. The van der Waals surface area contributed by atoms with Gasteiger partial charge in [0.25, 0.3) is 0 Å². The maximum Gasteiger partial charge on any atom is 0.243 e. The Hall–Kier alpha value is -3.13. The molecular formula is C20H21N3O2. The summed E-state index contributed by atoms with van der Waals surface area (Å²) in [6.07, 6.45) is 2.43. The van der Waals surface area contributed by atoms with Crippen LogP contribution in [0.1, 0.15) is 31.5 Å². The van der Waals surface area contributed by atoms with E-state index in [1.807, 2.05) is 44.2 Å². The van der Waals surface area contributed by atoms with Crippen molar-refractivity contribution < 1.29 is 9.59 Å². The molecule has 0 spiro atoms. The number of amides is 2. The monoisotopic (exact) mass is 335 g/mol. The van der Waals surface area contributed by atoms with Crippen molar-refractivity contribution >= 4 is 17.5 Å². The summed E-state index contributed by atoms with van der Waals surface area (Å²) in [7, 11) is 0. The van der Waals surface area contributed by atoms with Crippen molar-refractivity contribution in [1.29, 1.82) is 0 Å². The number of hydrogen-bond donors (Lipinski definition) is 2. The SMILES string of the molecule is CCC(C)C(=O)NCC(=O)Nc1cccc(C#Cc2ccccn2)c1. The van der Waals surface area contributed by atoms with Crippen LogP contribution in [-0.4, -0.2) is 23.3 Å². The van der Waals surface area contributed by atoms with E-state index in [0.29, 0.717) is 11.4 Å². The van der Waals surface area contributed by atoms with Gasteiger partial charge in [-0.3, -0.25) is 9.59 Å². The van der Waals surface area contributed by atoms with Gasteiger partial charge < -0.3 is 10.6 Å². The number of rotatable bonds is 5. The number of nitrogens with one attached hydrogen (secondary N) is 2. The predicted octanol–water partition coefficient (Wildman–Crippen LogP) is 2.58. The van der Waals surface area contributed by atoms with E-state index in [0.717, 1.165) is 12.0 Å². The Balaban J connectivity index is 1.94. The third-order valence-corrected chi connectivity index (χ3v) is 3.63. The summed E-state index contributed by atoms with van der Waals surface area (Å²) in [6, 6.07) is 12.8. The second-order valence-corrected chi connectivity index (χ2v) is 5.62. The molecule has 25 heavy (non-hydrogen) atoms. The minimum absolute atomic E-state index is 0.0486. The molecule has 1 aromatic carbocycles. The second-order valence-electron chi connectivity index (χ2n) is 5.62. The summed E-state index contributed by atoms with van der Waals surface area (Å²) in [5.41, 5.74) is 2.09. The van der Waals surface area contributed by atoms with Crippen LogP contribution in [0, 0.1) is 17.8 Å². The minimum atomic E-state index is -0.272. The van der Waals surface area contributed by atoms with Crippen molar-refractivity contribution in [2.75, 3.05) is 11.9 Å². The van der Waals surface area contributed by atoms with Crippen LogP contribution in [0.15, 0.2) is 48.7 Å². The minimum Gasteiger partial charge on any atom is -0.347 e.